The summed E-state index contributed by atoms with van der Waals surface area (Å²) in [5.41, 5.74) is 9.84. The van der Waals surface area contributed by atoms with Gasteiger partial charge in [-0.2, -0.15) is 0 Å². The van der Waals surface area contributed by atoms with Gasteiger partial charge >= 0.3 is 0 Å². The maximum absolute atomic E-state index is 9.77. The van der Waals surface area contributed by atoms with Crippen molar-refractivity contribution in [1.82, 2.24) is 0 Å². The molecule has 0 aromatic heterocycles. The summed E-state index contributed by atoms with van der Waals surface area (Å²) in [6.07, 6.45) is 0. The number of anilines is 1. The maximum Gasteiger partial charge on any atom is 0.138 e. The summed E-state index contributed by atoms with van der Waals surface area (Å²) in [7, 11) is 0. The zero-order chi connectivity index (χ0) is 16.5. The highest BCUT2D eigenvalue weighted by molar-refractivity contribution is 5.57. The van der Waals surface area contributed by atoms with Crippen LogP contribution < -0.4 is 10.5 Å². The number of phenols is 1. The molecule has 0 amide bonds. The van der Waals surface area contributed by atoms with Crippen molar-refractivity contribution in [3.8, 4) is 11.5 Å². The molecule has 1 heterocycles. The van der Waals surface area contributed by atoms with Crippen molar-refractivity contribution < 1.29 is 9.84 Å². The Morgan fingerprint density at radius 2 is 1.62 bits per heavy atom. The third kappa shape index (κ3) is 2.48. The molecule has 3 aromatic carbocycles. The molecule has 120 valence electrons. The van der Waals surface area contributed by atoms with Crippen molar-refractivity contribution >= 4 is 5.69 Å². The molecule has 0 bridgehead atoms. The van der Waals surface area contributed by atoms with E-state index in [1.54, 1.807) is 6.07 Å². The normalized spacial score (nSPS) is 19.3. The molecule has 0 spiro atoms. The lowest BCUT2D eigenvalue weighted by Crippen LogP contribution is -2.25. The summed E-state index contributed by atoms with van der Waals surface area (Å²) in [6.45, 7) is 0.618. The van der Waals surface area contributed by atoms with Crippen LogP contribution >= 0.6 is 0 Å². The first-order chi connectivity index (χ1) is 11.7. The van der Waals surface area contributed by atoms with Gasteiger partial charge in [0, 0.05) is 17.4 Å². The van der Waals surface area contributed by atoms with E-state index >= 15 is 0 Å². The van der Waals surface area contributed by atoms with Crippen LogP contribution in [0.15, 0.2) is 72.8 Å². The van der Waals surface area contributed by atoms with Crippen LogP contribution in [0, 0.1) is 0 Å². The van der Waals surface area contributed by atoms with Gasteiger partial charge in [-0.1, -0.05) is 54.6 Å². The fourth-order valence-electron chi connectivity index (χ4n) is 3.53. The number of aromatic hydroxyl groups is 1. The van der Waals surface area contributed by atoms with Gasteiger partial charge in [0.1, 0.15) is 11.5 Å². The quantitative estimate of drug-likeness (QED) is 0.548. The smallest absolute Gasteiger partial charge is 0.138 e. The van der Waals surface area contributed by atoms with Gasteiger partial charge in [-0.25, -0.2) is 0 Å². The number of hydrogen-bond acceptors (Lipinski definition) is 3. The number of fused-ring (bicyclic) bond motifs is 1. The average molecular weight is 317 g/mol. The van der Waals surface area contributed by atoms with Crippen LogP contribution in [0.25, 0.3) is 0 Å². The molecular weight excluding hydrogens is 298 g/mol. The van der Waals surface area contributed by atoms with Crippen LogP contribution in [-0.4, -0.2) is 11.7 Å². The van der Waals surface area contributed by atoms with Crippen molar-refractivity contribution in [2.45, 2.75) is 11.8 Å². The predicted molar refractivity (Wildman–Crippen MR) is 95.5 cm³/mol. The minimum Gasteiger partial charge on any atom is -0.506 e. The lowest BCUT2D eigenvalue weighted by molar-refractivity contribution is 0.249. The third-order valence-corrected chi connectivity index (χ3v) is 4.71. The summed E-state index contributed by atoms with van der Waals surface area (Å²) in [4.78, 5) is 0. The molecule has 3 N–H and O–H groups in total. The minimum atomic E-state index is 0.121. The third-order valence-electron chi connectivity index (χ3n) is 4.71. The largest absolute Gasteiger partial charge is 0.506 e. The molecule has 2 atom stereocenters. The molecule has 3 heteroatoms. The second-order valence-corrected chi connectivity index (χ2v) is 6.16. The number of hydrogen-bond donors (Lipinski definition) is 2. The molecule has 0 saturated carbocycles. The Balaban J connectivity index is 1.87. The number of para-hydroxylation sites is 1. The van der Waals surface area contributed by atoms with Crippen LogP contribution in [-0.2, 0) is 0 Å². The monoisotopic (exact) mass is 317 g/mol. The van der Waals surface area contributed by atoms with Gasteiger partial charge in [-0.15, -0.1) is 0 Å². The SMILES string of the molecule is Nc1cc(C2c3ccccc3OCC2c2ccccc2)ccc1O. The summed E-state index contributed by atoms with van der Waals surface area (Å²) < 4.78 is 6.02. The predicted octanol–water partition coefficient (Wildman–Crippen LogP) is 4.28. The van der Waals surface area contributed by atoms with E-state index in [9.17, 15) is 5.11 Å². The van der Waals surface area contributed by atoms with Gasteiger partial charge in [-0.3, -0.25) is 0 Å². The van der Waals surface area contributed by atoms with Gasteiger partial charge in [0.15, 0.2) is 0 Å². The minimum absolute atomic E-state index is 0.121. The van der Waals surface area contributed by atoms with Crippen molar-refractivity contribution in [3.63, 3.8) is 0 Å². The van der Waals surface area contributed by atoms with E-state index in [0.29, 0.717) is 12.3 Å². The summed E-state index contributed by atoms with van der Waals surface area (Å²) in [5.74, 6) is 1.38. The Hall–Kier alpha value is -2.94. The second kappa shape index (κ2) is 5.93. The van der Waals surface area contributed by atoms with Gasteiger partial charge < -0.3 is 15.6 Å². The first kappa shape index (κ1) is 14.6. The molecule has 4 rings (SSSR count). The summed E-state index contributed by atoms with van der Waals surface area (Å²) >= 11 is 0. The summed E-state index contributed by atoms with van der Waals surface area (Å²) in [6, 6.07) is 24.0. The van der Waals surface area contributed by atoms with E-state index in [4.69, 9.17) is 10.5 Å². The lowest BCUT2D eigenvalue weighted by Gasteiger charge is -2.34. The number of phenolic OH excluding ortho intramolecular Hbond substituents is 1. The van der Waals surface area contributed by atoms with Gasteiger partial charge in [0.2, 0.25) is 0 Å². The van der Waals surface area contributed by atoms with Crippen LogP contribution in [0.1, 0.15) is 28.5 Å². The molecule has 24 heavy (non-hydrogen) atoms. The van der Waals surface area contributed by atoms with Crippen molar-refractivity contribution in [2.75, 3.05) is 12.3 Å². The fourth-order valence-corrected chi connectivity index (χ4v) is 3.53. The molecule has 3 aromatic rings. The van der Waals surface area contributed by atoms with E-state index in [2.05, 4.69) is 30.3 Å². The Bertz CT molecular complexity index is 861. The fraction of sp³-hybridized carbons (Fsp3) is 0.143. The molecule has 2 unspecified atom stereocenters. The molecule has 1 aliphatic rings. The number of benzene rings is 3. The standard InChI is InChI=1S/C21H19NO2/c22-18-12-15(10-11-19(18)23)21-16-8-4-5-9-20(16)24-13-17(21)14-6-2-1-3-7-14/h1-12,17,21,23H,13,22H2. The highest BCUT2D eigenvalue weighted by Gasteiger charge is 2.33. The van der Waals surface area contributed by atoms with E-state index in [-0.39, 0.29) is 17.6 Å². The van der Waals surface area contributed by atoms with Crippen LogP contribution in [0.3, 0.4) is 0 Å². The highest BCUT2D eigenvalue weighted by Crippen LogP contribution is 2.46. The Kier molecular flexibility index (Phi) is 3.62. The number of nitrogens with two attached hydrogens (primary N) is 1. The molecule has 1 aliphatic heterocycles. The van der Waals surface area contributed by atoms with Crippen molar-refractivity contribution in [2.24, 2.45) is 0 Å². The summed E-state index contributed by atoms with van der Waals surface area (Å²) in [5, 5.41) is 9.77. The highest BCUT2D eigenvalue weighted by atomic mass is 16.5. The molecular formula is C21H19NO2. The van der Waals surface area contributed by atoms with E-state index in [1.165, 1.54) is 5.56 Å². The zero-order valence-corrected chi connectivity index (χ0v) is 13.2. The van der Waals surface area contributed by atoms with Crippen molar-refractivity contribution in [1.29, 1.82) is 0 Å². The van der Waals surface area contributed by atoms with Gasteiger partial charge in [0.25, 0.3) is 0 Å². The Morgan fingerprint density at radius 1 is 0.875 bits per heavy atom. The Labute approximate surface area is 141 Å². The first-order valence-corrected chi connectivity index (χ1v) is 8.09. The maximum atomic E-state index is 9.77. The van der Waals surface area contributed by atoms with Crippen LogP contribution in [0.2, 0.25) is 0 Å². The van der Waals surface area contributed by atoms with Crippen molar-refractivity contribution in [3.05, 3.63) is 89.5 Å². The average Bonchev–Trinajstić information content (AvgIpc) is 2.64. The molecule has 0 aliphatic carbocycles. The number of rotatable bonds is 2. The molecule has 0 fully saturated rings. The molecule has 0 radical (unpaired) electrons. The number of nitrogen functional groups attached to an aromatic ring is 1. The van der Waals surface area contributed by atoms with E-state index in [1.807, 2.05) is 36.4 Å². The topological polar surface area (TPSA) is 55.5 Å². The van der Waals surface area contributed by atoms with Crippen LogP contribution in [0.5, 0.6) is 11.5 Å². The van der Waals surface area contributed by atoms with Gasteiger partial charge in [0.05, 0.1) is 12.3 Å². The van der Waals surface area contributed by atoms with Gasteiger partial charge in [-0.05, 0) is 29.3 Å². The second-order valence-electron chi connectivity index (χ2n) is 6.16. The van der Waals surface area contributed by atoms with Crippen LogP contribution in [0.4, 0.5) is 5.69 Å². The van der Waals surface area contributed by atoms with E-state index < -0.39 is 0 Å². The lowest BCUT2D eigenvalue weighted by atomic mass is 9.76. The molecule has 0 saturated heterocycles. The van der Waals surface area contributed by atoms with E-state index in [0.717, 1.165) is 16.9 Å². The first-order valence-electron chi connectivity index (χ1n) is 8.09. The zero-order valence-electron chi connectivity index (χ0n) is 13.2. The Morgan fingerprint density at radius 3 is 2.42 bits per heavy atom. The number of ether oxygens (including phenoxy) is 1. The molecule has 3 nitrogen and oxygen atoms in total.